The van der Waals surface area contributed by atoms with E-state index in [0.717, 1.165) is 0 Å². The zero-order valence-electron chi connectivity index (χ0n) is 8.91. The van der Waals surface area contributed by atoms with E-state index in [1.54, 1.807) is 0 Å². The molecule has 10 nitrogen and oxygen atoms in total. The molecule has 0 saturated carbocycles. The summed E-state index contributed by atoms with van der Waals surface area (Å²) in [6.07, 6.45) is -0.127. The Hall–Kier alpha value is -1.29. The van der Waals surface area contributed by atoms with E-state index in [1.165, 1.54) is 0 Å². The summed E-state index contributed by atoms with van der Waals surface area (Å²) in [5.41, 5.74) is 0. The van der Waals surface area contributed by atoms with Crippen LogP contribution in [0.15, 0.2) is 12.2 Å². The van der Waals surface area contributed by atoms with Gasteiger partial charge in [0.15, 0.2) is 0 Å². The quantitative estimate of drug-likeness (QED) is 0.240. The summed E-state index contributed by atoms with van der Waals surface area (Å²) >= 11 is 0. The third-order valence-corrected chi connectivity index (χ3v) is 1.50. The Labute approximate surface area is 101 Å². The number of carboxylic acids is 2. The Kier molecular flexibility index (Phi) is 10.3. The molecule has 0 rings (SSSR count). The summed E-state index contributed by atoms with van der Waals surface area (Å²) in [7, 11) is -4.50. The SMILES string of the molecule is O=C(O)/C=C/C(=O)O.O=P(O)(O)OCC(O)CO. The fourth-order valence-electron chi connectivity index (χ4n) is 0.378. The van der Waals surface area contributed by atoms with Gasteiger partial charge in [0.25, 0.3) is 0 Å². The van der Waals surface area contributed by atoms with Gasteiger partial charge in [-0.1, -0.05) is 0 Å². The van der Waals surface area contributed by atoms with Gasteiger partial charge in [-0.15, -0.1) is 0 Å². The third-order valence-electron chi connectivity index (χ3n) is 1.01. The Morgan fingerprint density at radius 3 is 1.78 bits per heavy atom. The monoisotopic (exact) mass is 288 g/mol. The molecule has 0 amide bonds. The molecule has 0 aromatic rings. The molecule has 0 spiro atoms. The van der Waals surface area contributed by atoms with E-state index in [0.29, 0.717) is 12.2 Å². The van der Waals surface area contributed by atoms with Crippen molar-refractivity contribution in [2.24, 2.45) is 0 Å². The van der Waals surface area contributed by atoms with Crippen LogP contribution < -0.4 is 0 Å². The van der Waals surface area contributed by atoms with Gasteiger partial charge < -0.3 is 30.2 Å². The van der Waals surface area contributed by atoms with Gasteiger partial charge in [-0.05, 0) is 0 Å². The van der Waals surface area contributed by atoms with Gasteiger partial charge in [0.2, 0.25) is 0 Å². The summed E-state index contributed by atoms with van der Waals surface area (Å²) in [5.74, 6) is -2.51. The van der Waals surface area contributed by atoms with Crippen LogP contribution in [-0.2, 0) is 18.7 Å². The zero-order valence-corrected chi connectivity index (χ0v) is 9.80. The van der Waals surface area contributed by atoms with E-state index in [1.807, 2.05) is 0 Å². The largest absolute Gasteiger partial charge is 0.478 e. The molecule has 0 radical (unpaired) electrons. The second-order valence-corrected chi connectivity index (χ2v) is 3.87. The number of aliphatic carboxylic acids is 2. The van der Waals surface area contributed by atoms with Gasteiger partial charge >= 0.3 is 19.8 Å². The minimum absolute atomic E-state index is 0.558. The molecular formula is C7H13O10P. The van der Waals surface area contributed by atoms with Crippen molar-refractivity contribution in [3.63, 3.8) is 0 Å². The smallest absolute Gasteiger partial charge is 0.469 e. The highest BCUT2D eigenvalue weighted by molar-refractivity contribution is 7.46. The summed E-state index contributed by atoms with van der Waals surface area (Å²) in [6.45, 7) is -1.15. The fraction of sp³-hybridized carbons (Fsp3) is 0.429. The molecule has 106 valence electrons. The lowest BCUT2D eigenvalue weighted by atomic mass is 10.4. The van der Waals surface area contributed by atoms with Crippen molar-refractivity contribution in [2.45, 2.75) is 6.10 Å². The van der Waals surface area contributed by atoms with E-state index in [-0.39, 0.29) is 0 Å². The van der Waals surface area contributed by atoms with Crippen LogP contribution in [0.3, 0.4) is 0 Å². The van der Waals surface area contributed by atoms with Crippen LogP contribution in [0.4, 0.5) is 0 Å². The van der Waals surface area contributed by atoms with Crippen LogP contribution in [0.5, 0.6) is 0 Å². The van der Waals surface area contributed by atoms with Gasteiger partial charge in [0, 0.05) is 12.2 Å². The molecule has 0 bridgehead atoms. The topological polar surface area (TPSA) is 182 Å². The first-order valence-electron chi connectivity index (χ1n) is 4.21. The van der Waals surface area contributed by atoms with Crippen LogP contribution in [-0.4, -0.2) is 61.5 Å². The predicted molar refractivity (Wildman–Crippen MR) is 55.5 cm³/mol. The number of aliphatic hydroxyl groups excluding tert-OH is 2. The highest BCUT2D eigenvalue weighted by Crippen LogP contribution is 2.35. The van der Waals surface area contributed by atoms with Gasteiger partial charge in [-0.25, -0.2) is 14.2 Å². The molecule has 1 unspecified atom stereocenters. The van der Waals surface area contributed by atoms with Crippen molar-refractivity contribution in [2.75, 3.05) is 13.2 Å². The number of hydrogen-bond donors (Lipinski definition) is 6. The molecule has 6 N–H and O–H groups in total. The molecule has 0 aliphatic heterocycles. The average molecular weight is 288 g/mol. The Morgan fingerprint density at radius 1 is 1.17 bits per heavy atom. The van der Waals surface area contributed by atoms with E-state index >= 15 is 0 Å². The van der Waals surface area contributed by atoms with Crippen molar-refractivity contribution in [1.29, 1.82) is 0 Å². The van der Waals surface area contributed by atoms with Crippen LogP contribution in [0.25, 0.3) is 0 Å². The maximum absolute atomic E-state index is 9.93. The maximum Gasteiger partial charge on any atom is 0.469 e. The molecule has 0 saturated heterocycles. The molecule has 0 aliphatic carbocycles. The van der Waals surface area contributed by atoms with Gasteiger partial charge in [0.1, 0.15) is 6.10 Å². The molecule has 0 aliphatic rings. The molecular weight excluding hydrogens is 275 g/mol. The molecule has 0 heterocycles. The van der Waals surface area contributed by atoms with Gasteiger partial charge in [0.05, 0.1) is 13.2 Å². The first-order valence-corrected chi connectivity index (χ1v) is 5.74. The zero-order chi connectivity index (χ0) is 14.8. The average Bonchev–Trinajstić information content (AvgIpc) is 2.23. The number of aliphatic hydroxyl groups is 2. The van der Waals surface area contributed by atoms with E-state index in [2.05, 4.69) is 4.52 Å². The Bertz CT molecular complexity index is 315. The predicted octanol–water partition coefficient (Wildman–Crippen LogP) is -1.84. The first-order chi connectivity index (χ1) is 8.08. The standard InChI is InChI=1S/C4H4O4.C3H9O6P/c5-3(6)1-2-4(7)8;4-1-3(5)2-9-10(6,7)8/h1-2H,(H,5,6)(H,7,8);3-5H,1-2H2,(H2,6,7,8)/b2-1+;. The molecule has 0 fully saturated rings. The highest BCUT2D eigenvalue weighted by atomic mass is 31.2. The summed E-state index contributed by atoms with van der Waals surface area (Å²) in [6, 6.07) is 0. The highest BCUT2D eigenvalue weighted by Gasteiger charge is 2.15. The number of phosphoric acid groups is 1. The van der Waals surface area contributed by atoms with Crippen molar-refractivity contribution >= 4 is 19.8 Å². The second kappa shape index (κ2) is 9.71. The lowest BCUT2D eigenvalue weighted by Crippen LogP contribution is -2.18. The minimum atomic E-state index is -4.50. The fourth-order valence-corrected chi connectivity index (χ4v) is 0.745. The van der Waals surface area contributed by atoms with Gasteiger partial charge in [-0.3, -0.25) is 4.52 Å². The van der Waals surface area contributed by atoms with Crippen molar-refractivity contribution in [3.8, 4) is 0 Å². The second-order valence-electron chi connectivity index (χ2n) is 2.63. The lowest BCUT2D eigenvalue weighted by Gasteiger charge is -2.07. The molecule has 18 heavy (non-hydrogen) atoms. The summed E-state index contributed by atoms with van der Waals surface area (Å²) in [4.78, 5) is 35.2. The van der Waals surface area contributed by atoms with E-state index in [4.69, 9.17) is 30.2 Å². The molecule has 0 aromatic heterocycles. The van der Waals surface area contributed by atoms with Crippen LogP contribution in [0.1, 0.15) is 0 Å². The van der Waals surface area contributed by atoms with Crippen molar-refractivity contribution in [1.82, 2.24) is 0 Å². The maximum atomic E-state index is 9.93. The minimum Gasteiger partial charge on any atom is -0.478 e. The molecule has 1 atom stereocenters. The van der Waals surface area contributed by atoms with Crippen molar-refractivity contribution in [3.05, 3.63) is 12.2 Å². The van der Waals surface area contributed by atoms with E-state index in [9.17, 15) is 14.2 Å². The number of carboxylic acid groups (broad SMARTS) is 2. The lowest BCUT2D eigenvalue weighted by molar-refractivity contribution is -0.134. The van der Waals surface area contributed by atoms with Crippen LogP contribution in [0.2, 0.25) is 0 Å². The normalized spacial score (nSPS) is 12.7. The first kappa shape index (κ1) is 19.1. The van der Waals surface area contributed by atoms with Crippen molar-refractivity contribution < 1.29 is 48.9 Å². The Morgan fingerprint density at radius 2 is 1.56 bits per heavy atom. The van der Waals surface area contributed by atoms with E-state index < -0.39 is 39.1 Å². The number of phosphoric ester groups is 1. The molecule has 11 heteroatoms. The number of hydrogen-bond acceptors (Lipinski definition) is 6. The summed E-state index contributed by atoms with van der Waals surface area (Å²) in [5, 5.41) is 32.3. The van der Waals surface area contributed by atoms with Gasteiger partial charge in [-0.2, -0.15) is 0 Å². The summed E-state index contributed by atoms with van der Waals surface area (Å²) < 4.78 is 13.8. The molecule has 0 aromatic carbocycles. The number of carbonyl (C=O) groups is 2. The number of rotatable bonds is 6. The van der Waals surface area contributed by atoms with Crippen LogP contribution in [0, 0.1) is 0 Å². The van der Waals surface area contributed by atoms with Crippen LogP contribution >= 0.6 is 7.82 Å². The Balaban J connectivity index is 0. The third kappa shape index (κ3) is 20.2.